The molecule has 1 aliphatic heterocycles. The lowest BCUT2D eigenvalue weighted by atomic mass is 10.1. The van der Waals surface area contributed by atoms with Gasteiger partial charge in [-0.2, -0.15) is 16.4 Å². The molecule has 0 radical (unpaired) electrons. The molecule has 0 aliphatic carbocycles. The van der Waals surface area contributed by atoms with E-state index in [0.29, 0.717) is 6.04 Å². The van der Waals surface area contributed by atoms with Gasteiger partial charge in [-0.3, -0.25) is 9.58 Å². The molecule has 1 atom stereocenters. The van der Waals surface area contributed by atoms with Gasteiger partial charge in [-0.25, -0.2) is 0 Å². The van der Waals surface area contributed by atoms with Gasteiger partial charge in [-0.1, -0.05) is 0 Å². The van der Waals surface area contributed by atoms with Crippen LogP contribution in [0, 0.1) is 6.92 Å². The molecule has 3 nitrogen and oxygen atoms in total. The first-order valence-corrected chi connectivity index (χ1v) is 7.43. The lowest BCUT2D eigenvalue weighted by Gasteiger charge is -2.24. The SMILES string of the molecule is Cc1c([C@H]2CCCN2Cc2ccsc2)cnn1C. The molecule has 2 aromatic rings. The molecule has 0 amide bonds. The highest BCUT2D eigenvalue weighted by Gasteiger charge is 2.28. The van der Waals surface area contributed by atoms with Crippen LogP contribution in [-0.2, 0) is 13.6 Å². The lowest BCUT2D eigenvalue weighted by molar-refractivity contribution is 0.248. The zero-order valence-corrected chi connectivity index (χ0v) is 11.8. The van der Waals surface area contributed by atoms with Gasteiger partial charge in [0, 0.05) is 30.9 Å². The topological polar surface area (TPSA) is 21.1 Å². The second-order valence-corrected chi connectivity index (χ2v) is 5.85. The standard InChI is InChI=1S/C14H19N3S/c1-11-13(8-15-16(11)2)14-4-3-6-17(14)9-12-5-7-18-10-12/h5,7-8,10,14H,3-4,6,9H2,1-2H3/t14-/m1/s1. The van der Waals surface area contributed by atoms with Crippen molar-refractivity contribution in [2.24, 2.45) is 7.05 Å². The van der Waals surface area contributed by atoms with Gasteiger partial charge >= 0.3 is 0 Å². The molecule has 4 heteroatoms. The van der Waals surface area contributed by atoms with Gasteiger partial charge in [0.25, 0.3) is 0 Å². The molecule has 18 heavy (non-hydrogen) atoms. The molecule has 1 fully saturated rings. The predicted octanol–water partition coefficient (Wildman–Crippen LogP) is 3.13. The van der Waals surface area contributed by atoms with Crippen molar-refractivity contribution in [2.75, 3.05) is 6.54 Å². The summed E-state index contributed by atoms with van der Waals surface area (Å²) in [4.78, 5) is 2.59. The van der Waals surface area contributed by atoms with Crippen LogP contribution in [0.3, 0.4) is 0 Å². The number of nitrogens with zero attached hydrogens (tertiary/aromatic N) is 3. The van der Waals surface area contributed by atoms with E-state index in [0.717, 1.165) is 6.54 Å². The number of aryl methyl sites for hydroxylation is 1. The summed E-state index contributed by atoms with van der Waals surface area (Å²) in [6.07, 6.45) is 4.60. The van der Waals surface area contributed by atoms with Crippen LogP contribution in [0.25, 0.3) is 0 Å². The lowest BCUT2D eigenvalue weighted by Crippen LogP contribution is -2.22. The van der Waals surface area contributed by atoms with E-state index in [1.165, 1.54) is 36.2 Å². The second kappa shape index (κ2) is 4.86. The number of aromatic nitrogens is 2. The van der Waals surface area contributed by atoms with Crippen molar-refractivity contribution in [1.29, 1.82) is 0 Å². The fourth-order valence-corrected chi connectivity index (χ4v) is 3.49. The molecule has 2 aromatic heterocycles. The molecule has 1 aliphatic rings. The first-order valence-electron chi connectivity index (χ1n) is 6.49. The van der Waals surface area contributed by atoms with Gasteiger partial charge in [0.1, 0.15) is 0 Å². The Morgan fingerprint density at radius 2 is 2.39 bits per heavy atom. The number of hydrogen-bond acceptors (Lipinski definition) is 3. The van der Waals surface area contributed by atoms with Crippen molar-refractivity contribution in [3.8, 4) is 0 Å². The summed E-state index contributed by atoms with van der Waals surface area (Å²) >= 11 is 1.78. The van der Waals surface area contributed by atoms with Gasteiger partial charge in [0.2, 0.25) is 0 Å². The van der Waals surface area contributed by atoms with Gasteiger partial charge in [0.05, 0.1) is 6.20 Å². The molecular formula is C14H19N3S. The summed E-state index contributed by atoms with van der Waals surface area (Å²) in [5.41, 5.74) is 4.15. The highest BCUT2D eigenvalue weighted by molar-refractivity contribution is 7.07. The average molecular weight is 261 g/mol. The van der Waals surface area contributed by atoms with Gasteiger partial charge in [-0.15, -0.1) is 0 Å². The Morgan fingerprint density at radius 1 is 1.50 bits per heavy atom. The highest BCUT2D eigenvalue weighted by atomic mass is 32.1. The Morgan fingerprint density at radius 3 is 3.06 bits per heavy atom. The van der Waals surface area contributed by atoms with Crippen LogP contribution in [0.1, 0.15) is 35.7 Å². The molecule has 96 valence electrons. The first-order chi connectivity index (χ1) is 8.75. The largest absolute Gasteiger partial charge is 0.292 e. The van der Waals surface area contributed by atoms with Crippen molar-refractivity contribution in [2.45, 2.75) is 32.4 Å². The quantitative estimate of drug-likeness (QED) is 0.846. The first kappa shape index (κ1) is 11.9. The Kier molecular flexibility index (Phi) is 3.22. The van der Waals surface area contributed by atoms with Crippen molar-refractivity contribution in [3.63, 3.8) is 0 Å². The molecule has 1 saturated heterocycles. The zero-order chi connectivity index (χ0) is 12.5. The van der Waals surface area contributed by atoms with E-state index < -0.39 is 0 Å². The van der Waals surface area contributed by atoms with E-state index in [1.807, 2.05) is 17.9 Å². The Balaban J connectivity index is 1.81. The second-order valence-electron chi connectivity index (χ2n) is 5.07. The van der Waals surface area contributed by atoms with E-state index in [9.17, 15) is 0 Å². The third-order valence-electron chi connectivity index (χ3n) is 3.96. The van der Waals surface area contributed by atoms with E-state index in [4.69, 9.17) is 0 Å². The maximum atomic E-state index is 4.38. The van der Waals surface area contributed by atoms with Crippen molar-refractivity contribution >= 4 is 11.3 Å². The number of thiophene rings is 1. The van der Waals surface area contributed by atoms with Crippen LogP contribution in [0.15, 0.2) is 23.0 Å². The third-order valence-corrected chi connectivity index (χ3v) is 4.69. The molecule has 3 rings (SSSR count). The number of hydrogen-bond donors (Lipinski definition) is 0. The molecule has 0 aromatic carbocycles. The van der Waals surface area contributed by atoms with Crippen LogP contribution in [0.5, 0.6) is 0 Å². The average Bonchev–Trinajstić information content (AvgIpc) is 3.06. The summed E-state index contributed by atoms with van der Waals surface area (Å²) in [5.74, 6) is 0. The van der Waals surface area contributed by atoms with Crippen LogP contribution >= 0.6 is 11.3 Å². The third kappa shape index (κ3) is 2.10. The van der Waals surface area contributed by atoms with Crippen LogP contribution in [0.4, 0.5) is 0 Å². The minimum atomic E-state index is 0.554. The fourth-order valence-electron chi connectivity index (χ4n) is 2.83. The summed E-state index contributed by atoms with van der Waals surface area (Å²) in [6, 6.07) is 2.79. The maximum Gasteiger partial charge on any atom is 0.0540 e. The Hall–Kier alpha value is -1.13. The minimum absolute atomic E-state index is 0.554. The molecule has 3 heterocycles. The monoisotopic (exact) mass is 261 g/mol. The maximum absolute atomic E-state index is 4.38. The van der Waals surface area contributed by atoms with Crippen LogP contribution in [-0.4, -0.2) is 21.2 Å². The van der Waals surface area contributed by atoms with E-state index in [1.54, 1.807) is 11.3 Å². The smallest absolute Gasteiger partial charge is 0.0540 e. The molecular weight excluding hydrogens is 242 g/mol. The van der Waals surface area contributed by atoms with Crippen LogP contribution < -0.4 is 0 Å². The highest BCUT2D eigenvalue weighted by Crippen LogP contribution is 2.34. The predicted molar refractivity (Wildman–Crippen MR) is 74.6 cm³/mol. The van der Waals surface area contributed by atoms with Gasteiger partial charge in [-0.05, 0) is 48.7 Å². The van der Waals surface area contributed by atoms with E-state index in [-0.39, 0.29) is 0 Å². The Bertz CT molecular complexity index is 515. The molecule has 0 spiro atoms. The summed E-state index contributed by atoms with van der Waals surface area (Å²) in [7, 11) is 2.02. The molecule has 0 N–H and O–H groups in total. The van der Waals surface area contributed by atoms with Crippen LogP contribution in [0.2, 0.25) is 0 Å². The number of likely N-dealkylation sites (tertiary alicyclic amines) is 1. The summed E-state index contributed by atoms with van der Waals surface area (Å²) in [5, 5.41) is 8.80. The number of rotatable bonds is 3. The summed E-state index contributed by atoms with van der Waals surface area (Å²) in [6.45, 7) is 4.45. The van der Waals surface area contributed by atoms with Gasteiger partial charge < -0.3 is 0 Å². The van der Waals surface area contributed by atoms with Gasteiger partial charge in [0.15, 0.2) is 0 Å². The zero-order valence-electron chi connectivity index (χ0n) is 11.0. The molecule has 0 saturated carbocycles. The molecule has 0 bridgehead atoms. The summed E-state index contributed by atoms with van der Waals surface area (Å²) < 4.78 is 1.98. The van der Waals surface area contributed by atoms with Crippen molar-refractivity contribution < 1.29 is 0 Å². The van der Waals surface area contributed by atoms with E-state index >= 15 is 0 Å². The normalized spacial score (nSPS) is 20.7. The molecule has 0 unspecified atom stereocenters. The van der Waals surface area contributed by atoms with Crippen molar-refractivity contribution in [1.82, 2.24) is 14.7 Å². The van der Waals surface area contributed by atoms with Crippen molar-refractivity contribution in [3.05, 3.63) is 39.8 Å². The van der Waals surface area contributed by atoms with E-state index in [2.05, 4.69) is 33.7 Å². The fraction of sp³-hybridized carbons (Fsp3) is 0.500. The Labute approximate surface area is 112 Å². The minimum Gasteiger partial charge on any atom is -0.292 e.